The first-order valence-electron chi connectivity index (χ1n) is 8.03. The highest BCUT2D eigenvalue weighted by atomic mass is 14.9. The van der Waals surface area contributed by atoms with E-state index in [9.17, 15) is 0 Å². The van der Waals surface area contributed by atoms with Crippen LogP contribution in [0.15, 0.2) is 72.9 Å². The molecule has 0 unspecified atom stereocenters. The van der Waals surface area contributed by atoms with Crippen molar-refractivity contribution < 1.29 is 5.94 Å². The molecular formula is C21H18N+. The molecule has 0 aliphatic rings. The zero-order valence-electron chi connectivity index (χ0n) is 13.8. The van der Waals surface area contributed by atoms with Crippen molar-refractivity contribution in [2.24, 2.45) is 7.05 Å². The molecule has 3 aromatic carbocycles. The van der Waals surface area contributed by atoms with Gasteiger partial charge in [0.1, 0.15) is 8.42 Å². The smallest absolute Gasteiger partial charge is 0.200 e. The van der Waals surface area contributed by atoms with Gasteiger partial charge in [0.25, 0.3) is 0 Å². The lowest BCUT2D eigenvalue weighted by Gasteiger charge is -2.09. The first-order valence-corrected chi connectivity index (χ1v) is 7.53. The molecule has 4 aromatic rings. The van der Waals surface area contributed by atoms with Crippen LogP contribution in [0.5, 0.6) is 0 Å². The number of hydrogen-bond acceptors (Lipinski definition) is 0. The first kappa shape index (κ1) is 11.9. The predicted octanol–water partition coefficient (Wildman–Crippen LogP) is 4.79. The molecule has 0 spiro atoms. The van der Waals surface area contributed by atoms with Crippen LogP contribution < -0.4 is 4.57 Å². The molecule has 0 N–H and O–H groups in total. The van der Waals surface area contributed by atoms with E-state index in [0.29, 0.717) is 6.17 Å². The van der Waals surface area contributed by atoms with Gasteiger partial charge in [0, 0.05) is 6.07 Å². The van der Waals surface area contributed by atoms with Crippen LogP contribution in [0, 0.1) is 6.92 Å². The van der Waals surface area contributed by atoms with Crippen molar-refractivity contribution in [3.05, 3.63) is 78.5 Å². The van der Waals surface area contributed by atoms with Gasteiger partial charge >= 0.3 is 0 Å². The van der Waals surface area contributed by atoms with E-state index in [1.165, 1.54) is 27.3 Å². The Morgan fingerprint density at radius 1 is 0.818 bits per heavy atom. The number of aryl methyl sites for hydroxylation is 1. The first-order chi connectivity index (χ1) is 11.1. The fourth-order valence-electron chi connectivity index (χ4n) is 3.19. The van der Waals surface area contributed by atoms with E-state index < -0.39 is 0 Å². The zero-order chi connectivity index (χ0) is 16.0. The molecule has 0 amide bonds. The van der Waals surface area contributed by atoms with E-state index >= 15 is 0 Å². The van der Waals surface area contributed by atoms with Crippen molar-refractivity contribution in [3.63, 3.8) is 0 Å². The maximum absolute atomic E-state index is 8.29. The van der Waals surface area contributed by atoms with Crippen LogP contribution in [-0.4, -0.2) is 0 Å². The van der Waals surface area contributed by atoms with E-state index in [0.717, 1.165) is 11.1 Å². The lowest BCUT2D eigenvalue weighted by Crippen LogP contribution is -2.30. The van der Waals surface area contributed by atoms with Crippen molar-refractivity contribution in [2.45, 2.75) is 6.92 Å². The molecule has 1 nitrogen and oxygen atoms in total. The Bertz CT molecular complexity index is 1050. The third-order valence-corrected chi connectivity index (χ3v) is 4.31. The van der Waals surface area contributed by atoms with E-state index in [2.05, 4.69) is 61.5 Å². The number of hydrogen-bond donors (Lipinski definition) is 0. The Morgan fingerprint density at radius 3 is 2.23 bits per heavy atom. The van der Waals surface area contributed by atoms with Crippen molar-refractivity contribution in [1.29, 1.82) is 0 Å². The van der Waals surface area contributed by atoms with Crippen molar-refractivity contribution in [2.75, 3.05) is 0 Å². The summed E-state index contributed by atoms with van der Waals surface area (Å²) in [4.78, 5) is 0. The summed E-state index contributed by atoms with van der Waals surface area (Å²) in [5.74, 6) is 0. The Hall–Kier alpha value is -2.67. The standard InChI is InChI=1S/C21H18N/c1-15-13-17-8-3-4-9-18(17)14-20(15)21-19-10-6-5-7-16(19)11-12-22(21)2/h3-14H,1-2H3/q+1/i12D. The Kier molecular flexibility index (Phi) is 2.69. The molecule has 0 aliphatic carbocycles. The van der Waals surface area contributed by atoms with Gasteiger partial charge in [0.15, 0.2) is 6.17 Å². The molecule has 1 aromatic heterocycles. The second-order valence-electron chi connectivity index (χ2n) is 5.78. The van der Waals surface area contributed by atoms with Crippen LogP contribution in [-0.2, 0) is 7.05 Å². The fraction of sp³-hybridized carbons (Fsp3) is 0.0952. The van der Waals surface area contributed by atoms with Gasteiger partial charge in [-0.3, -0.25) is 0 Å². The minimum Gasteiger partial charge on any atom is -0.200 e. The highest BCUT2D eigenvalue weighted by Crippen LogP contribution is 2.30. The Morgan fingerprint density at radius 2 is 1.45 bits per heavy atom. The normalized spacial score (nSPS) is 11.8. The minimum absolute atomic E-state index is 0.520. The van der Waals surface area contributed by atoms with Gasteiger partial charge in [0.05, 0.1) is 10.9 Å². The fourth-order valence-corrected chi connectivity index (χ4v) is 3.19. The van der Waals surface area contributed by atoms with E-state index in [-0.39, 0.29) is 0 Å². The van der Waals surface area contributed by atoms with Gasteiger partial charge in [-0.25, -0.2) is 4.57 Å². The van der Waals surface area contributed by atoms with Gasteiger partial charge in [-0.1, -0.05) is 48.5 Å². The highest BCUT2D eigenvalue weighted by Gasteiger charge is 2.17. The minimum atomic E-state index is 0.520. The van der Waals surface area contributed by atoms with Crippen LogP contribution in [0.2, 0.25) is 0 Å². The summed E-state index contributed by atoms with van der Waals surface area (Å²) in [5, 5.41) is 4.78. The quantitative estimate of drug-likeness (QED) is 0.443. The van der Waals surface area contributed by atoms with E-state index in [4.69, 9.17) is 1.37 Å². The largest absolute Gasteiger partial charge is 0.220 e. The zero-order valence-corrected chi connectivity index (χ0v) is 12.8. The SMILES string of the molecule is [2H]c1cc2ccccc2c(-c2cc3ccccc3cc2C)[n+]1C. The number of fused-ring (bicyclic) bond motifs is 2. The average Bonchev–Trinajstić information content (AvgIpc) is 2.56. The van der Waals surface area contributed by atoms with Crippen LogP contribution in [0.3, 0.4) is 0 Å². The molecule has 106 valence electrons. The molecule has 0 saturated carbocycles. The second-order valence-corrected chi connectivity index (χ2v) is 5.78. The molecule has 0 fully saturated rings. The molecule has 22 heavy (non-hydrogen) atoms. The molecule has 0 radical (unpaired) electrons. The maximum Gasteiger partial charge on any atom is 0.220 e. The van der Waals surface area contributed by atoms with Crippen LogP contribution in [0.4, 0.5) is 0 Å². The number of benzene rings is 3. The molecule has 0 atom stereocenters. The molecule has 0 bridgehead atoms. The highest BCUT2D eigenvalue weighted by molar-refractivity contribution is 5.96. The van der Waals surface area contributed by atoms with Crippen LogP contribution in [0.1, 0.15) is 6.93 Å². The molecular weight excluding hydrogens is 266 g/mol. The number of nitrogens with zero attached hydrogens (tertiary/aromatic N) is 1. The molecule has 0 saturated heterocycles. The Balaban J connectivity index is 2.14. The third-order valence-electron chi connectivity index (χ3n) is 4.31. The molecule has 1 heterocycles. The summed E-state index contributed by atoms with van der Waals surface area (Å²) >= 11 is 0. The van der Waals surface area contributed by atoms with Crippen molar-refractivity contribution in [3.8, 4) is 11.3 Å². The summed E-state index contributed by atoms with van der Waals surface area (Å²) < 4.78 is 10.3. The summed E-state index contributed by atoms with van der Waals surface area (Å²) in [6, 6.07) is 23.1. The second kappa shape index (κ2) is 4.96. The monoisotopic (exact) mass is 285 g/mol. The van der Waals surface area contributed by atoms with Gasteiger partial charge in [-0.2, -0.15) is 0 Å². The lowest BCUT2D eigenvalue weighted by molar-refractivity contribution is -0.659. The van der Waals surface area contributed by atoms with Gasteiger partial charge in [-0.05, 0) is 40.8 Å². The topological polar surface area (TPSA) is 3.88 Å². The summed E-state index contributed by atoms with van der Waals surface area (Å²) in [6.07, 6.45) is 0.520. The van der Waals surface area contributed by atoms with E-state index in [1.807, 2.05) is 23.7 Å². The van der Waals surface area contributed by atoms with Crippen molar-refractivity contribution >= 4 is 21.5 Å². The summed E-state index contributed by atoms with van der Waals surface area (Å²) in [5.41, 5.74) is 3.53. The number of rotatable bonds is 1. The predicted molar refractivity (Wildman–Crippen MR) is 92.8 cm³/mol. The molecule has 0 aliphatic heterocycles. The van der Waals surface area contributed by atoms with Crippen molar-refractivity contribution in [1.82, 2.24) is 0 Å². The summed E-state index contributed by atoms with van der Waals surface area (Å²) in [6.45, 7) is 2.15. The molecule has 4 rings (SSSR count). The average molecular weight is 285 g/mol. The van der Waals surface area contributed by atoms with Gasteiger partial charge < -0.3 is 0 Å². The van der Waals surface area contributed by atoms with Crippen LogP contribution >= 0.6 is 0 Å². The maximum atomic E-state index is 8.29. The van der Waals surface area contributed by atoms with Crippen LogP contribution in [0.25, 0.3) is 32.8 Å². The van der Waals surface area contributed by atoms with E-state index in [1.54, 1.807) is 0 Å². The number of aromatic nitrogens is 1. The van der Waals surface area contributed by atoms with Gasteiger partial charge in [-0.15, -0.1) is 0 Å². The lowest BCUT2D eigenvalue weighted by atomic mass is 9.96. The van der Waals surface area contributed by atoms with Gasteiger partial charge in [0.2, 0.25) is 5.69 Å². The Labute approximate surface area is 131 Å². The number of pyridine rings is 1. The third kappa shape index (κ3) is 1.98. The summed E-state index contributed by atoms with van der Waals surface area (Å²) in [7, 11) is 1.97. The molecule has 1 heteroatoms.